The summed E-state index contributed by atoms with van der Waals surface area (Å²) >= 11 is 0. The largest absolute Gasteiger partial charge is 0.493 e. The zero-order valence-electron chi connectivity index (χ0n) is 15.4. The quantitative estimate of drug-likeness (QED) is 0.512. The maximum absolute atomic E-state index is 12.2. The zero-order chi connectivity index (χ0) is 19.1. The number of amides is 1. The van der Waals surface area contributed by atoms with Gasteiger partial charge in [0.2, 0.25) is 5.91 Å². The Bertz CT molecular complexity index is 961. The molecule has 0 aliphatic carbocycles. The lowest BCUT2D eigenvalue weighted by Crippen LogP contribution is -2.19. The average molecular weight is 362 g/mol. The average Bonchev–Trinajstić information content (AvgIpc) is 2.69. The van der Waals surface area contributed by atoms with Crippen molar-refractivity contribution in [3.8, 4) is 11.5 Å². The standard InChI is InChI=1S/C22H22N2O3/c1-3-27-20-12-11-16(13-21(20)26-2)15-23-24-22(25)14-18-9-6-8-17-7-4-5-10-19(17)18/h4-13,15H,3,14H2,1-2H3,(H,24,25)/b23-15-. The Balaban J connectivity index is 1.65. The molecule has 0 bridgehead atoms. The molecule has 5 nitrogen and oxygen atoms in total. The van der Waals surface area contributed by atoms with Gasteiger partial charge in [0.1, 0.15) is 0 Å². The van der Waals surface area contributed by atoms with Crippen molar-refractivity contribution in [1.82, 2.24) is 5.43 Å². The van der Waals surface area contributed by atoms with Crippen LogP contribution < -0.4 is 14.9 Å². The van der Waals surface area contributed by atoms with Crippen LogP contribution in [-0.2, 0) is 11.2 Å². The first kappa shape index (κ1) is 18.5. The van der Waals surface area contributed by atoms with Gasteiger partial charge < -0.3 is 9.47 Å². The molecule has 3 rings (SSSR count). The number of benzene rings is 3. The number of carbonyl (C=O) groups is 1. The molecule has 0 saturated heterocycles. The molecule has 138 valence electrons. The molecule has 0 spiro atoms. The minimum Gasteiger partial charge on any atom is -0.493 e. The fraction of sp³-hybridized carbons (Fsp3) is 0.182. The molecule has 0 heterocycles. The third kappa shape index (κ3) is 4.64. The van der Waals surface area contributed by atoms with Gasteiger partial charge in [-0.25, -0.2) is 5.43 Å². The lowest BCUT2D eigenvalue weighted by atomic mass is 10.0. The van der Waals surface area contributed by atoms with E-state index in [9.17, 15) is 4.79 Å². The maximum atomic E-state index is 12.2. The lowest BCUT2D eigenvalue weighted by Gasteiger charge is -2.09. The highest BCUT2D eigenvalue weighted by Gasteiger charge is 2.07. The third-order valence-corrected chi connectivity index (χ3v) is 4.12. The maximum Gasteiger partial charge on any atom is 0.244 e. The van der Waals surface area contributed by atoms with Crippen LogP contribution >= 0.6 is 0 Å². The first-order valence-electron chi connectivity index (χ1n) is 8.80. The molecule has 1 amide bonds. The van der Waals surface area contributed by atoms with Crippen molar-refractivity contribution in [3.63, 3.8) is 0 Å². The van der Waals surface area contributed by atoms with E-state index in [2.05, 4.69) is 10.5 Å². The normalized spacial score (nSPS) is 10.9. The van der Waals surface area contributed by atoms with Gasteiger partial charge in [0.25, 0.3) is 0 Å². The van der Waals surface area contributed by atoms with Crippen molar-refractivity contribution in [3.05, 3.63) is 71.8 Å². The monoisotopic (exact) mass is 362 g/mol. The van der Waals surface area contributed by atoms with E-state index in [0.717, 1.165) is 21.9 Å². The lowest BCUT2D eigenvalue weighted by molar-refractivity contribution is -0.120. The smallest absolute Gasteiger partial charge is 0.244 e. The first-order chi connectivity index (χ1) is 13.2. The molecule has 0 atom stereocenters. The minimum absolute atomic E-state index is 0.166. The minimum atomic E-state index is -0.166. The van der Waals surface area contributed by atoms with Gasteiger partial charge in [0.05, 0.1) is 26.4 Å². The van der Waals surface area contributed by atoms with Gasteiger partial charge in [-0.2, -0.15) is 5.10 Å². The number of hydrogen-bond acceptors (Lipinski definition) is 4. The summed E-state index contributed by atoms with van der Waals surface area (Å²) in [7, 11) is 1.59. The molecule has 0 aliphatic heterocycles. The van der Waals surface area contributed by atoms with Crippen LogP contribution in [0.25, 0.3) is 10.8 Å². The summed E-state index contributed by atoms with van der Waals surface area (Å²) in [5, 5.41) is 6.25. The highest BCUT2D eigenvalue weighted by Crippen LogP contribution is 2.27. The summed E-state index contributed by atoms with van der Waals surface area (Å²) in [6.45, 7) is 2.48. The zero-order valence-corrected chi connectivity index (χ0v) is 15.4. The van der Waals surface area contributed by atoms with E-state index < -0.39 is 0 Å². The molecule has 0 unspecified atom stereocenters. The van der Waals surface area contributed by atoms with Gasteiger partial charge in [-0.3, -0.25) is 4.79 Å². The Labute approximate surface area is 158 Å². The van der Waals surface area contributed by atoms with Gasteiger partial charge in [-0.05, 0) is 47.0 Å². The number of nitrogens with zero attached hydrogens (tertiary/aromatic N) is 1. The van der Waals surface area contributed by atoms with Gasteiger partial charge >= 0.3 is 0 Å². The summed E-state index contributed by atoms with van der Waals surface area (Å²) in [6.07, 6.45) is 1.85. The molecule has 27 heavy (non-hydrogen) atoms. The summed E-state index contributed by atoms with van der Waals surface area (Å²) in [6, 6.07) is 19.5. The number of methoxy groups -OCH3 is 1. The van der Waals surface area contributed by atoms with E-state index in [4.69, 9.17) is 9.47 Å². The Hall–Kier alpha value is -3.34. The van der Waals surface area contributed by atoms with Crippen LogP contribution in [-0.4, -0.2) is 25.8 Å². The molecule has 0 radical (unpaired) electrons. The van der Waals surface area contributed by atoms with Crippen LogP contribution in [0.2, 0.25) is 0 Å². The molecule has 0 saturated carbocycles. The van der Waals surface area contributed by atoms with Gasteiger partial charge in [-0.1, -0.05) is 42.5 Å². The Morgan fingerprint density at radius 1 is 1.07 bits per heavy atom. The van der Waals surface area contributed by atoms with Crippen LogP contribution in [0.5, 0.6) is 11.5 Å². The van der Waals surface area contributed by atoms with E-state index >= 15 is 0 Å². The third-order valence-electron chi connectivity index (χ3n) is 4.12. The molecule has 0 aromatic heterocycles. The number of hydrazone groups is 1. The van der Waals surface area contributed by atoms with Gasteiger partial charge in [-0.15, -0.1) is 0 Å². The van der Waals surface area contributed by atoms with E-state index in [1.807, 2.05) is 67.6 Å². The number of nitrogens with one attached hydrogen (secondary N) is 1. The van der Waals surface area contributed by atoms with Gasteiger partial charge in [0.15, 0.2) is 11.5 Å². The number of carbonyl (C=O) groups excluding carboxylic acids is 1. The fourth-order valence-electron chi connectivity index (χ4n) is 2.88. The van der Waals surface area contributed by atoms with Crippen LogP contribution in [0.1, 0.15) is 18.1 Å². The molecule has 0 fully saturated rings. The number of rotatable bonds is 7. The van der Waals surface area contributed by atoms with Crippen molar-refractivity contribution >= 4 is 22.9 Å². The van der Waals surface area contributed by atoms with Crippen molar-refractivity contribution in [2.45, 2.75) is 13.3 Å². The Kier molecular flexibility index (Phi) is 6.05. The molecule has 1 N–H and O–H groups in total. The first-order valence-corrected chi connectivity index (χ1v) is 8.80. The Morgan fingerprint density at radius 3 is 2.70 bits per heavy atom. The predicted molar refractivity (Wildman–Crippen MR) is 108 cm³/mol. The predicted octanol–water partition coefficient (Wildman–Crippen LogP) is 3.94. The second kappa shape index (κ2) is 8.85. The second-order valence-electron chi connectivity index (χ2n) is 5.95. The van der Waals surface area contributed by atoms with Crippen molar-refractivity contribution in [1.29, 1.82) is 0 Å². The van der Waals surface area contributed by atoms with Crippen LogP contribution in [0.3, 0.4) is 0 Å². The summed E-state index contributed by atoms with van der Waals surface area (Å²) in [5.74, 6) is 1.14. The van der Waals surface area contributed by atoms with Crippen molar-refractivity contribution < 1.29 is 14.3 Å². The Morgan fingerprint density at radius 2 is 1.89 bits per heavy atom. The van der Waals surface area contributed by atoms with Crippen LogP contribution in [0.15, 0.2) is 65.8 Å². The fourth-order valence-corrected chi connectivity index (χ4v) is 2.88. The highest BCUT2D eigenvalue weighted by atomic mass is 16.5. The van der Waals surface area contributed by atoms with E-state index in [-0.39, 0.29) is 12.3 Å². The number of hydrogen-bond donors (Lipinski definition) is 1. The molecule has 3 aromatic carbocycles. The van der Waals surface area contributed by atoms with E-state index in [1.165, 1.54) is 0 Å². The van der Waals surface area contributed by atoms with Crippen LogP contribution in [0, 0.1) is 0 Å². The van der Waals surface area contributed by atoms with E-state index in [0.29, 0.717) is 18.1 Å². The van der Waals surface area contributed by atoms with E-state index in [1.54, 1.807) is 13.3 Å². The molecule has 5 heteroatoms. The molecule has 0 aliphatic rings. The topological polar surface area (TPSA) is 59.9 Å². The second-order valence-corrected chi connectivity index (χ2v) is 5.95. The number of ether oxygens (including phenoxy) is 2. The molecule has 3 aromatic rings. The SMILES string of the molecule is CCOc1ccc(/C=N\NC(=O)Cc2cccc3ccccc23)cc1OC. The summed E-state index contributed by atoms with van der Waals surface area (Å²) in [5.41, 5.74) is 4.36. The number of fused-ring (bicyclic) bond motifs is 1. The summed E-state index contributed by atoms with van der Waals surface area (Å²) < 4.78 is 10.8. The van der Waals surface area contributed by atoms with Crippen molar-refractivity contribution in [2.75, 3.05) is 13.7 Å². The van der Waals surface area contributed by atoms with Crippen molar-refractivity contribution in [2.24, 2.45) is 5.10 Å². The molecular formula is C22H22N2O3. The molecular weight excluding hydrogens is 340 g/mol. The highest BCUT2D eigenvalue weighted by molar-refractivity contribution is 5.90. The van der Waals surface area contributed by atoms with Gasteiger partial charge in [0, 0.05) is 0 Å². The van der Waals surface area contributed by atoms with Crippen LogP contribution in [0.4, 0.5) is 0 Å². The summed E-state index contributed by atoms with van der Waals surface area (Å²) in [4.78, 5) is 12.2.